The number of hydrogen-bond donors (Lipinski definition) is 1. The lowest BCUT2D eigenvalue weighted by Crippen LogP contribution is -2.13. The number of carbonyl (C=O) groups excluding carboxylic acids is 1. The van der Waals surface area contributed by atoms with Crippen LogP contribution in [0.1, 0.15) is 33.0 Å². The largest absolute Gasteiger partial charge is 0.466 e. The molecule has 1 aromatic carbocycles. The van der Waals surface area contributed by atoms with Crippen LogP contribution < -0.4 is 5.32 Å². The predicted molar refractivity (Wildman–Crippen MR) is 79.8 cm³/mol. The fourth-order valence-corrected chi connectivity index (χ4v) is 2.37. The first-order chi connectivity index (χ1) is 8.90. The van der Waals surface area contributed by atoms with Crippen molar-refractivity contribution >= 4 is 27.5 Å². The molecule has 1 heterocycles. The number of nitrogens with one attached hydrogen (secondary N) is 1. The van der Waals surface area contributed by atoms with Gasteiger partial charge in [-0.1, -0.05) is 22.0 Å². The standard InChI is InChI=1S/C15H16BrNO2/c1-8-5-6-12(7-13(8)16)17-15(18)14-9(2)10(3)19-11(14)4/h5-7H,1-4H3,(H,17,18). The molecule has 19 heavy (non-hydrogen) atoms. The molecule has 100 valence electrons. The highest BCUT2D eigenvalue weighted by molar-refractivity contribution is 9.10. The molecule has 4 heteroatoms. The molecule has 0 fully saturated rings. The Morgan fingerprint density at radius 1 is 1.16 bits per heavy atom. The maximum Gasteiger partial charge on any atom is 0.259 e. The summed E-state index contributed by atoms with van der Waals surface area (Å²) in [5.41, 5.74) is 3.40. The number of rotatable bonds is 2. The van der Waals surface area contributed by atoms with Gasteiger partial charge in [0, 0.05) is 15.7 Å². The van der Waals surface area contributed by atoms with E-state index in [1.807, 2.05) is 39.0 Å². The Balaban J connectivity index is 2.28. The number of aryl methyl sites for hydroxylation is 3. The number of halogens is 1. The summed E-state index contributed by atoms with van der Waals surface area (Å²) in [5, 5.41) is 2.89. The second kappa shape index (κ2) is 5.21. The van der Waals surface area contributed by atoms with Gasteiger partial charge in [-0.15, -0.1) is 0 Å². The topological polar surface area (TPSA) is 42.2 Å². The Bertz CT molecular complexity index is 644. The van der Waals surface area contributed by atoms with Crippen LogP contribution in [-0.2, 0) is 0 Å². The van der Waals surface area contributed by atoms with E-state index in [1.165, 1.54) is 0 Å². The molecular weight excluding hydrogens is 306 g/mol. The van der Waals surface area contributed by atoms with Crippen LogP contribution in [0.2, 0.25) is 0 Å². The second-order valence-electron chi connectivity index (χ2n) is 4.63. The van der Waals surface area contributed by atoms with E-state index in [-0.39, 0.29) is 5.91 Å². The zero-order chi connectivity index (χ0) is 14.2. The quantitative estimate of drug-likeness (QED) is 0.883. The monoisotopic (exact) mass is 321 g/mol. The molecule has 2 rings (SSSR count). The number of benzene rings is 1. The van der Waals surface area contributed by atoms with Crippen molar-refractivity contribution in [1.82, 2.24) is 0 Å². The van der Waals surface area contributed by atoms with Gasteiger partial charge in [-0.05, 0) is 45.4 Å². The van der Waals surface area contributed by atoms with Gasteiger partial charge in [0.1, 0.15) is 11.5 Å². The fourth-order valence-electron chi connectivity index (χ4n) is 1.99. The van der Waals surface area contributed by atoms with Crippen LogP contribution >= 0.6 is 15.9 Å². The van der Waals surface area contributed by atoms with Crippen LogP contribution in [0, 0.1) is 27.7 Å². The van der Waals surface area contributed by atoms with E-state index in [9.17, 15) is 4.79 Å². The van der Waals surface area contributed by atoms with E-state index in [0.29, 0.717) is 11.3 Å². The van der Waals surface area contributed by atoms with Crippen molar-refractivity contribution in [3.05, 3.63) is 50.9 Å². The van der Waals surface area contributed by atoms with Gasteiger partial charge >= 0.3 is 0 Å². The van der Waals surface area contributed by atoms with Crippen molar-refractivity contribution in [2.75, 3.05) is 5.32 Å². The van der Waals surface area contributed by atoms with Crippen LogP contribution in [0.3, 0.4) is 0 Å². The zero-order valence-corrected chi connectivity index (χ0v) is 13.0. The van der Waals surface area contributed by atoms with Crippen molar-refractivity contribution in [2.45, 2.75) is 27.7 Å². The summed E-state index contributed by atoms with van der Waals surface area (Å²) in [5.74, 6) is 1.30. The molecular formula is C15H16BrNO2. The minimum atomic E-state index is -0.136. The molecule has 0 bridgehead atoms. The normalized spacial score (nSPS) is 10.6. The number of hydrogen-bond acceptors (Lipinski definition) is 2. The van der Waals surface area contributed by atoms with E-state index >= 15 is 0 Å². The van der Waals surface area contributed by atoms with Gasteiger partial charge in [-0.25, -0.2) is 0 Å². The van der Waals surface area contributed by atoms with Gasteiger partial charge < -0.3 is 9.73 Å². The van der Waals surface area contributed by atoms with Crippen LogP contribution in [0.25, 0.3) is 0 Å². The van der Waals surface area contributed by atoms with Crippen LogP contribution in [0.4, 0.5) is 5.69 Å². The van der Waals surface area contributed by atoms with E-state index in [4.69, 9.17) is 4.42 Å². The highest BCUT2D eigenvalue weighted by Gasteiger charge is 2.18. The van der Waals surface area contributed by atoms with Crippen LogP contribution in [0.5, 0.6) is 0 Å². The molecule has 0 atom stereocenters. The molecule has 0 spiro atoms. The number of amides is 1. The summed E-state index contributed by atoms with van der Waals surface area (Å²) < 4.78 is 6.45. The Labute approximate surface area is 121 Å². The molecule has 0 unspecified atom stereocenters. The first-order valence-corrected chi connectivity index (χ1v) is 6.83. The Morgan fingerprint density at radius 2 is 1.84 bits per heavy atom. The lowest BCUT2D eigenvalue weighted by Gasteiger charge is -2.07. The van der Waals surface area contributed by atoms with Gasteiger partial charge in [-0.2, -0.15) is 0 Å². The Kier molecular flexibility index (Phi) is 3.80. The van der Waals surface area contributed by atoms with Crippen molar-refractivity contribution in [2.24, 2.45) is 0 Å². The lowest BCUT2D eigenvalue weighted by molar-refractivity contribution is 0.102. The molecule has 1 amide bonds. The molecule has 0 aliphatic rings. The van der Waals surface area contributed by atoms with Crippen molar-refractivity contribution < 1.29 is 9.21 Å². The second-order valence-corrected chi connectivity index (χ2v) is 5.49. The summed E-state index contributed by atoms with van der Waals surface area (Å²) in [6.07, 6.45) is 0. The van der Waals surface area contributed by atoms with Gasteiger partial charge in [0.25, 0.3) is 5.91 Å². The SMILES string of the molecule is Cc1ccc(NC(=O)c2c(C)oc(C)c2C)cc1Br. The van der Waals surface area contributed by atoms with E-state index in [0.717, 1.165) is 27.0 Å². The van der Waals surface area contributed by atoms with Crippen LogP contribution in [0.15, 0.2) is 27.1 Å². The average Bonchev–Trinajstić information content (AvgIpc) is 2.58. The summed E-state index contributed by atoms with van der Waals surface area (Å²) in [4.78, 5) is 12.3. The maximum absolute atomic E-state index is 12.3. The summed E-state index contributed by atoms with van der Waals surface area (Å²) in [6, 6.07) is 5.74. The minimum Gasteiger partial charge on any atom is -0.466 e. The summed E-state index contributed by atoms with van der Waals surface area (Å²) >= 11 is 3.46. The maximum atomic E-state index is 12.3. The van der Waals surface area contributed by atoms with Gasteiger partial charge in [0.15, 0.2) is 0 Å². The molecule has 3 nitrogen and oxygen atoms in total. The number of anilines is 1. The number of furan rings is 1. The third-order valence-electron chi connectivity index (χ3n) is 3.22. The van der Waals surface area contributed by atoms with Crippen LogP contribution in [-0.4, -0.2) is 5.91 Å². The van der Waals surface area contributed by atoms with Crippen molar-refractivity contribution in [3.63, 3.8) is 0 Å². The highest BCUT2D eigenvalue weighted by Crippen LogP contribution is 2.24. The molecule has 2 aromatic rings. The van der Waals surface area contributed by atoms with Gasteiger partial charge in [-0.3, -0.25) is 4.79 Å². The van der Waals surface area contributed by atoms with E-state index < -0.39 is 0 Å². The lowest BCUT2D eigenvalue weighted by atomic mass is 10.1. The zero-order valence-electron chi connectivity index (χ0n) is 11.4. The Hall–Kier alpha value is -1.55. The van der Waals surface area contributed by atoms with E-state index in [1.54, 1.807) is 6.92 Å². The third-order valence-corrected chi connectivity index (χ3v) is 4.07. The summed E-state index contributed by atoms with van der Waals surface area (Å²) in [6.45, 7) is 7.57. The molecule has 0 saturated carbocycles. The minimum absolute atomic E-state index is 0.136. The fraction of sp³-hybridized carbons (Fsp3) is 0.267. The average molecular weight is 322 g/mol. The third kappa shape index (κ3) is 2.73. The first-order valence-electron chi connectivity index (χ1n) is 6.04. The Morgan fingerprint density at radius 3 is 2.37 bits per heavy atom. The molecule has 0 saturated heterocycles. The highest BCUT2D eigenvalue weighted by atomic mass is 79.9. The molecule has 1 aromatic heterocycles. The molecule has 0 aliphatic carbocycles. The van der Waals surface area contributed by atoms with Crippen molar-refractivity contribution in [1.29, 1.82) is 0 Å². The molecule has 0 radical (unpaired) electrons. The first kappa shape index (κ1) is 13.9. The van der Waals surface area contributed by atoms with Gasteiger partial charge in [0.05, 0.1) is 5.56 Å². The van der Waals surface area contributed by atoms with E-state index in [2.05, 4.69) is 21.2 Å². The summed E-state index contributed by atoms with van der Waals surface area (Å²) in [7, 11) is 0. The van der Waals surface area contributed by atoms with Gasteiger partial charge in [0.2, 0.25) is 0 Å². The van der Waals surface area contributed by atoms with Crippen molar-refractivity contribution in [3.8, 4) is 0 Å². The smallest absolute Gasteiger partial charge is 0.259 e. The predicted octanol–water partition coefficient (Wildman–Crippen LogP) is 4.53. The molecule has 0 aliphatic heterocycles. The number of carbonyl (C=O) groups is 1. The molecule has 1 N–H and O–H groups in total.